The summed E-state index contributed by atoms with van der Waals surface area (Å²) in [5.41, 5.74) is 0.819. The molecule has 0 saturated heterocycles. The largest absolute Gasteiger partial charge is 0.481 e. The van der Waals surface area contributed by atoms with Crippen molar-refractivity contribution in [1.82, 2.24) is 10.2 Å². The molecule has 0 bridgehead atoms. The lowest BCUT2D eigenvalue weighted by molar-refractivity contribution is -0.133. The van der Waals surface area contributed by atoms with Crippen molar-refractivity contribution >= 4 is 33.7 Å². The summed E-state index contributed by atoms with van der Waals surface area (Å²) in [6, 6.07) is 7.53. The third kappa shape index (κ3) is 3.33. The van der Waals surface area contributed by atoms with E-state index in [4.69, 9.17) is 9.52 Å². The van der Waals surface area contributed by atoms with Crippen molar-refractivity contribution in [3.63, 3.8) is 0 Å². The molecule has 0 aliphatic heterocycles. The van der Waals surface area contributed by atoms with Gasteiger partial charge >= 0.3 is 5.97 Å². The van der Waals surface area contributed by atoms with Crippen molar-refractivity contribution in [1.29, 1.82) is 0 Å². The Morgan fingerprint density at radius 3 is 2.89 bits per heavy atom. The van der Waals surface area contributed by atoms with Gasteiger partial charge in [-0.15, -0.1) is 22.0 Å². The number of benzene rings is 1. The summed E-state index contributed by atoms with van der Waals surface area (Å²) in [7, 11) is 0. The third-order valence-electron chi connectivity index (χ3n) is 2.02. The second-order valence-electron chi connectivity index (χ2n) is 3.37. The minimum absolute atomic E-state index is 0.0206. The summed E-state index contributed by atoms with van der Waals surface area (Å²) in [5, 5.41) is 16.3. The van der Waals surface area contributed by atoms with E-state index >= 15 is 0 Å². The van der Waals surface area contributed by atoms with E-state index in [-0.39, 0.29) is 5.75 Å². The molecule has 1 aromatic carbocycles. The van der Waals surface area contributed by atoms with Gasteiger partial charge in [0.1, 0.15) is 0 Å². The lowest BCUT2D eigenvalue weighted by atomic mass is 10.2. The summed E-state index contributed by atoms with van der Waals surface area (Å²) in [5.74, 6) is 0.405. The van der Waals surface area contributed by atoms with E-state index in [2.05, 4.69) is 26.1 Å². The topological polar surface area (TPSA) is 76.2 Å². The zero-order chi connectivity index (χ0) is 13.0. The minimum atomic E-state index is -0.856. The molecule has 0 unspecified atom stereocenters. The first kappa shape index (κ1) is 13.1. The normalized spacial score (nSPS) is 10.5. The first-order valence-corrected chi connectivity index (χ1v) is 6.98. The monoisotopic (exact) mass is 328 g/mol. The highest BCUT2D eigenvalue weighted by molar-refractivity contribution is 9.10. The molecular formula is C11H9BrN2O3S. The van der Waals surface area contributed by atoms with Crippen molar-refractivity contribution < 1.29 is 14.3 Å². The molecule has 2 rings (SSSR count). The van der Waals surface area contributed by atoms with Gasteiger partial charge in [0.25, 0.3) is 0 Å². The molecule has 0 spiro atoms. The number of carboxylic acid groups (broad SMARTS) is 1. The predicted molar refractivity (Wildman–Crippen MR) is 71.2 cm³/mol. The number of hydrogen-bond acceptors (Lipinski definition) is 5. The maximum Gasteiger partial charge on any atom is 0.313 e. The van der Waals surface area contributed by atoms with Gasteiger partial charge in [0.2, 0.25) is 11.8 Å². The van der Waals surface area contributed by atoms with E-state index in [1.165, 1.54) is 11.8 Å². The summed E-state index contributed by atoms with van der Waals surface area (Å²) in [4.78, 5) is 10.4. The van der Waals surface area contributed by atoms with Crippen LogP contribution in [0.2, 0.25) is 0 Å². The maximum atomic E-state index is 10.4. The quantitative estimate of drug-likeness (QED) is 0.909. The molecule has 1 heterocycles. The minimum Gasteiger partial charge on any atom is -0.481 e. The fourth-order valence-corrected chi connectivity index (χ4v) is 2.30. The van der Waals surface area contributed by atoms with E-state index in [1.807, 2.05) is 24.3 Å². The molecule has 1 N–H and O–H groups in total. The van der Waals surface area contributed by atoms with E-state index < -0.39 is 5.97 Å². The van der Waals surface area contributed by atoms with Crippen LogP contribution in [0.3, 0.4) is 0 Å². The van der Waals surface area contributed by atoms with Crippen LogP contribution in [-0.4, -0.2) is 27.0 Å². The average molecular weight is 329 g/mol. The van der Waals surface area contributed by atoms with E-state index in [9.17, 15) is 4.79 Å². The van der Waals surface area contributed by atoms with Crippen LogP contribution in [0.15, 0.2) is 33.2 Å². The molecule has 0 atom stereocenters. The number of rotatable bonds is 5. The Bertz CT molecular complexity index is 559. The molecule has 5 nitrogen and oxygen atoms in total. The fraction of sp³-hybridized carbons (Fsp3) is 0.182. The average Bonchev–Trinajstić information content (AvgIpc) is 2.78. The molecule has 0 amide bonds. The number of aromatic nitrogens is 2. The summed E-state index contributed by atoms with van der Waals surface area (Å²) in [6.07, 6.45) is 0. The molecule has 0 fully saturated rings. The van der Waals surface area contributed by atoms with Gasteiger partial charge in [-0.25, -0.2) is 0 Å². The highest BCUT2D eigenvalue weighted by Crippen LogP contribution is 2.27. The summed E-state index contributed by atoms with van der Waals surface area (Å²) in [6.45, 7) is 0. The van der Waals surface area contributed by atoms with Crippen LogP contribution in [0.1, 0.15) is 5.89 Å². The fourth-order valence-electron chi connectivity index (χ4n) is 1.28. The molecule has 2 aromatic rings. The molecule has 7 heteroatoms. The predicted octanol–water partition coefficient (Wildman–Crippen LogP) is 2.82. The lowest BCUT2D eigenvalue weighted by Gasteiger charge is -1.97. The Morgan fingerprint density at radius 1 is 1.39 bits per heavy atom. The first-order chi connectivity index (χ1) is 8.66. The molecule has 94 valence electrons. The smallest absolute Gasteiger partial charge is 0.313 e. The summed E-state index contributed by atoms with van der Waals surface area (Å²) >= 11 is 4.62. The van der Waals surface area contributed by atoms with Gasteiger partial charge in [0.15, 0.2) is 0 Å². The standard InChI is InChI=1S/C11H9BrN2O3S/c12-8-4-2-1-3-7(8)11-14-13-9(17-11)5-18-6-10(15)16/h1-4H,5-6H2,(H,15,16). The first-order valence-electron chi connectivity index (χ1n) is 5.03. The molecule has 0 aliphatic carbocycles. The maximum absolute atomic E-state index is 10.4. The van der Waals surface area contributed by atoms with Gasteiger partial charge in [0.05, 0.1) is 17.1 Å². The van der Waals surface area contributed by atoms with Crippen LogP contribution >= 0.6 is 27.7 Å². The third-order valence-corrected chi connectivity index (χ3v) is 3.62. The zero-order valence-corrected chi connectivity index (χ0v) is 11.6. The number of thioether (sulfide) groups is 1. The number of nitrogens with zero attached hydrogens (tertiary/aromatic N) is 2. The van der Waals surface area contributed by atoms with Gasteiger partial charge in [-0.05, 0) is 28.1 Å². The Hall–Kier alpha value is -1.34. The highest BCUT2D eigenvalue weighted by Gasteiger charge is 2.11. The lowest BCUT2D eigenvalue weighted by Crippen LogP contribution is -1.98. The Balaban J connectivity index is 2.06. The van der Waals surface area contributed by atoms with Crippen LogP contribution in [0.5, 0.6) is 0 Å². The number of aliphatic carboxylic acids is 1. The Labute approximate surface area is 116 Å². The van der Waals surface area contributed by atoms with Crippen LogP contribution in [0, 0.1) is 0 Å². The van der Waals surface area contributed by atoms with E-state index in [0.717, 1.165) is 10.0 Å². The van der Waals surface area contributed by atoms with E-state index in [1.54, 1.807) is 0 Å². The van der Waals surface area contributed by atoms with Gasteiger partial charge in [-0.2, -0.15) is 0 Å². The van der Waals surface area contributed by atoms with Crippen molar-refractivity contribution in [3.8, 4) is 11.5 Å². The number of halogens is 1. The van der Waals surface area contributed by atoms with Gasteiger partial charge in [0, 0.05) is 4.47 Å². The number of hydrogen-bond donors (Lipinski definition) is 1. The second-order valence-corrected chi connectivity index (χ2v) is 5.21. The zero-order valence-electron chi connectivity index (χ0n) is 9.17. The van der Waals surface area contributed by atoms with Crippen molar-refractivity contribution in [3.05, 3.63) is 34.6 Å². The highest BCUT2D eigenvalue weighted by atomic mass is 79.9. The molecule has 18 heavy (non-hydrogen) atoms. The number of carboxylic acids is 1. The summed E-state index contributed by atoms with van der Waals surface area (Å²) < 4.78 is 6.34. The molecular weight excluding hydrogens is 320 g/mol. The van der Waals surface area contributed by atoms with Crippen molar-refractivity contribution in [2.24, 2.45) is 0 Å². The second kappa shape index (κ2) is 6.01. The van der Waals surface area contributed by atoms with Crippen LogP contribution in [-0.2, 0) is 10.5 Å². The Morgan fingerprint density at radius 2 is 2.17 bits per heavy atom. The molecule has 0 radical (unpaired) electrons. The SMILES string of the molecule is O=C(O)CSCc1nnc(-c2ccccc2Br)o1. The van der Waals surface area contributed by atoms with E-state index in [0.29, 0.717) is 17.5 Å². The van der Waals surface area contributed by atoms with Gasteiger partial charge in [-0.1, -0.05) is 12.1 Å². The molecule has 0 saturated carbocycles. The van der Waals surface area contributed by atoms with Crippen molar-refractivity contribution in [2.45, 2.75) is 5.75 Å². The van der Waals surface area contributed by atoms with Gasteiger partial charge < -0.3 is 9.52 Å². The molecule has 0 aliphatic rings. The van der Waals surface area contributed by atoms with Crippen LogP contribution in [0.4, 0.5) is 0 Å². The van der Waals surface area contributed by atoms with Crippen molar-refractivity contribution in [2.75, 3.05) is 5.75 Å². The Kier molecular flexibility index (Phi) is 4.38. The molecule has 1 aromatic heterocycles. The number of carbonyl (C=O) groups is 1. The van der Waals surface area contributed by atoms with Gasteiger partial charge in [-0.3, -0.25) is 4.79 Å². The van der Waals surface area contributed by atoms with Crippen LogP contribution < -0.4 is 0 Å². The van der Waals surface area contributed by atoms with Crippen LogP contribution in [0.25, 0.3) is 11.5 Å².